The van der Waals surface area contributed by atoms with Crippen molar-refractivity contribution in [3.05, 3.63) is 81.3 Å². The van der Waals surface area contributed by atoms with Gasteiger partial charge in [0.2, 0.25) is 0 Å². The lowest BCUT2D eigenvalue weighted by atomic mass is 9.89. The van der Waals surface area contributed by atoms with E-state index in [9.17, 15) is 9.59 Å². The first-order chi connectivity index (χ1) is 12.6. The number of hydrogen-bond donors (Lipinski definition) is 2. The van der Waals surface area contributed by atoms with Crippen LogP contribution in [0.5, 0.6) is 0 Å². The monoisotopic (exact) mass is 346 g/mol. The first kappa shape index (κ1) is 16.6. The third kappa shape index (κ3) is 3.15. The highest BCUT2D eigenvalue weighted by molar-refractivity contribution is 5.96. The van der Waals surface area contributed by atoms with E-state index in [1.54, 1.807) is 12.1 Å². The van der Waals surface area contributed by atoms with Crippen LogP contribution in [0.4, 0.5) is 0 Å². The molecular formula is C22H22N2O2. The van der Waals surface area contributed by atoms with Crippen molar-refractivity contribution < 1.29 is 4.79 Å². The Balaban J connectivity index is 1.57. The summed E-state index contributed by atoms with van der Waals surface area (Å²) in [5.41, 5.74) is 3.97. The Hall–Kier alpha value is -2.88. The average Bonchev–Trinajstić information content (AvgIpc) is 2.67. The number of carbonyl (C=O) groups excluding carboxylic acids is 1. The molecule has 1 atom stereocenters. The van der Waals surface area contributed by atoms with Gasteiger partial charge >= 0.3 is 0 Å². The predicted molar refractivity (Wildman–Crippen MR) is 104 cm³/mol. The van der Waals surface area contributed by atoms with E-state index in [4.69, 9.17) is 0 Å². The molecule has 2 aromatic carbocycles. The molecule has 0 fully saturated rings. The molecule has 0 saturated heterocycles. The summed E-state index contributed by atoms with van der Waals surface area (Å²) in [6.45, 7) is 1.97. The number of pyridine rings is 1. The van der Waals surface area contributed by atoms with Crippen LogP contribution in [0.3, 0.4) is 0 Å². The number of fused-ring (bicyclic) bond motifs is 2. The lowest BCUT2D eigenvalue weighted by molar-refractivity contribution is 0.0935. The molecule has 1 aliphatic carbocycles. The number of rotatable bonds is 3. The molecule has 132 valence electrons. The lowest BCUT2D eigenvalue weighted by Crippen LogP contribution is -2.29. The Bertz CT molecular complexity index is 1040. The number of aryl methyl sites for hydroxylation is 2. The smallest absolute Gasteiger partial charge is 0.268 e. The topological polar surface area (TPSA) is 62.0 Å². The summed E-state index contributed by atoms with van der Waals surface area (Å²) in [7, 11) is 0. The normalized spacial score (nSPS) is 14.7. The third-order valence-corrected chi connectivity index (χ3v) is 5.22. The van der Waals surface area contributed by atoms with Gasteiger partial charge in [0.1, 0.15) is 5.69 Å². The Morgan fingerprint density at radius 2 is 1.81 bits per heavy atom. The zero-order chi connectivity index (χ0) is 18.1. The van der Waals surface area contributed by atoms with Crippen LogP contribution >= 0.6 is 0 Å². The molecule has 2 N–H and O–H groups in total. The van der Waals surface area contributed by atoms with Crippen LogP contribution in [0.2, 0.25) is 0 Å². The fourth-order valence-electron chi connectivity index (χ4n) is 3.71. The molecule has 4 rings (SSSR count). The highest BCUT2D eigenvalue weighted by Gasteiger charge is 2.16. The van der Waals surface area contributed by atoms with E-state index >= 15 is 0 Å². The second kappa shape index (κ2) is 6.79. The first-order valence-electron chi connectivity index (χ1n) is 9.16. The SMILES string of the molecule is CC(NC(=O)c1cc2ccccc2c(=O)[nH]1)c1ccc2c(c1)CCCC2. The van der Waals surface area contributed by atoms with Crippen molar-refractivity contribution >= 4 is 16.7 Å². The number of nitrogens with one attached hydrogen (secondary N) is 2. The molecule has 1 aliphatic rings. The van der Waals surface area contributed by atoms with Crippen LogP contribution in [-0.4, -0.2) is 10.9 Å². The van der Waals surface area contributed by atoms with Crippen molar-refractivity contribution in [2.75, 3.05) is 0 Å². The molecular weight excluding hydrogens is 324 g/mol. The summed E-state index contributed by atoms with van der Waals surface area (Å²) >= 11 is 0. The Labute approximate surface area is 152 Å². The number of H-pyrrole nitrogens is 1. The molecule has 0 aliphatic heterocycles. The zero-order valence-electron chi connectivity index (χ0n) is 14.8. The minimum absolute atomic E-state index is 0.121. The molecule has 1 aromatic heterocycles. The Kier molecular flexibility index (Phi) is 4.33. The standard InChI is InChI=1S/C22H22N2O2/c1-14(16-11-10-15-6-2-3-7-17(15)12-16)23-22(26)20-13-18-8-4-5-9-19(18)21(25)24-20/h4-5,8-14H,2-3,6-7H2,1H3,(H,23,26)(H,24,25). The van der Waals surface area contributed by atoms with Gasteiger partial charge in [-0.1, -0.05) is 36.4 Å². The summed E-state index contributed by atoms with van der Waals surface area (Å²) in [6.07, 6.45) is 4.75. The van der Waals surface area contributed by atoms with E-state index in [1.807, 2.05) is 25.1 Å². The molecule has 0 radical (unpaired) electrons. The predicted octanol–water partition coefficient (Wildman–Crippen LogP) is 3.90. The van der Waals surface area contributed by atoms with Crippen LogP contribution in [-0.2, 0) is 12.8 Å². The molecule has 0 saturated carbocycles. The number of carbonyl (C=O) groups is 1. The molecule has 3 aromatic rings. The minimum atomic E-state index is -0.266. The summed E-state index contributed by atoms with van der Waals surface area (Å²) in [5.74, 6) is -0.266. The van der Waals surface area contributed by atoms with Crippen LogP contribution < -0.4 is 10.9 Å². The maximum Gasteiger partial charge on any atom is 0.268 e. The van der Waals surface area contributed by atoms with Crippen molar-refractivity contribution in [1.29, 1.82) is 0 Å². The van der Waals surface area contributed by atoms with E-state index in [1.165, 1.54) is 24.0 Å². The van der Waals surface area contributed by atoms with E-state index < -0.39 is 0 Å². The van der Waals surface area contributed by atoms with Crippen LogP contribution in [0, 0.1) is 0 Å². The van der Waals surface area contributed by atoms with Crippen molar-refractivity contribution in [1.82, 2.24) is 10.3 Å². The second-order valence-electron chi connectivity index (χ2n) is 7.03. The van der Waals surface area contributed by atoms with Crippen molar-refractivity contribution in [3.8, 4) is 0 Å². The van der Waals surface area contributed by atoms with Crippen LogP contribution in [0.15, 0.2) is 53.3 Å². The molecule has 1 amide bonds. The largest absolute Gasteiger partial charge is 0.344 e. The second-order valence-corrected chi connectivity index (χ2v) is 7.03. The number of hydrogen-bond acceptors (Lipinski definition) is 2. The van der Waals surface area contributed by atoms with Crippen molar-refractivity contribution in [2.24, 2.45) is 0 Å². The number of aromatic amines is 1. The number of amides is 1. The Morgan fingerprint density at radius 1 is 1.04 bits per heavy atom. The quantitative estimate of drug-likeness (QED) is 0.755. The van der Waals surface area contributed by atoms with E-state index in [0.29, 0.717) is 11.1 Å². The summed E-state index contributed by atoms with van der Waals surface area (Å²) in [5, 5.41) is 4.36. The van der Waals surface area contributed by atoms with Gasteiger partial charge in [0.15, 0.2) is 0 Å². The van der Waals surface area contributed by atoms with Gasteiger partial charge in [0.05, 0.1) is 6.04 Å². The van der Waals surface area contributed by atoms with Crippen LogP contribution in [0.1, 0.15) is 53.0 Å². The highest BCUT2D eigenvalue weighted by Crippen LogP contribution is 2.25. The maximum atomic E-state index is 12.6. The Morgan fingerprint density at radius 3 is 2.65 bits per heavy atom. The van der Waals surface area contributed by atoms with Gasteiger partial charge in [-0.25, -0.2) is 0 Å². The zero-order valence-corrected chi connectivity index (χ0v) is 14.8. The minimum Gasteiger partial charge on any atom is -0.344 e. The van der Waals surface area contributed by atoms with Crippen LogP contribution in [0.25, 0.3) is 10.8 Å². The lowest BCUT2D eigenvalue weighted by Gasteiger charge is -2.20. The fourth-order valence-corrected chi connectivity index (χ4v) is 3.71. The van der Waals surface area contributed by atoms with Gasteiger partial charge in [-0.05, 0) is 66.8 Å². The molecule has 1 heterocycles. The fraction of sp³-hybridized carbons (Fsp3) is 0.273. The molecule has 1 unspecified atom stereocenters. The summed E-state index contributed by atoms with van der Waals surface area (Å²) in [6, 6.07) is 15.4. The van der Waals surface area contributed by atoms with Crippen molar-refractivity contribution in [2.45, 2.75) is 38.6 Å². The summed E-state index contributed by atoms with van der Waals surface area (Å²) < 4.78 is 0. The van der Waals surface area contributed by atoms with Gasteiger partial charge in [0, 0.05) is 5.39 Å². The van der Waals surface area contributed by atoms with Gasteiger partial charge in [-0.2, -0.15) is 0 Å². The van der Waals surface area contributed by atoms with Gasteiger partial charge in [-0.15, -0.1) is 0 Å². The first-order valence-corrected chi connectivity index (χ1v) is 9.16. The summed E-state index contributed by atoms with van der Waals surface area (Å²) in [4.78, 5) is 27.5. The van der Waals surface area contributed by atoms with E-state index in [0.717, 1.165) is 23.8 Å². The molecule has 0 bridgehead atoms. The van der Waals surface area contributed by atoms with E-state index in [-0.39, 0.29) is 17.5 Å². The molecule has 4 nitrogen and oxygen atoms in total. The van der Waals surface area contributed by atoms with Gasteiger partial charge in [-0.3, -0.25) is 9.59 Å². The van der Waals surface area contributed by atoms with E-state index in [2.05, 4.69) is 28.5 Å². The van der Waals surface area contributed by atoms with Gasteiger partial charge in [0.25, 0.3) is 11.5 Å². The highest BCUT2D eigenvalue weighted by atomic mass is 16.2. The molecule has 26 heavy (non-hydrogen) atoms. The average molecular weight is 346 g/mol. The number of aromatic nitrogens is 1. The maximum absolute atomic E-state index is 12.6. The molecule has 4 heteroatoms. The van der Waals surface area contributed by atoms with Gasteiger partial charge < -0.3 is 10.3 Å². The third-order valence-electron chi connectivity index (χ3n) is 5.22. The van der Waals surface area contributed by atoms with Crippen molar-refractivity contribution in [3.63, 3.8) is 0 Å². The number of benzene rings is 2. The molecule has 0 spiro atoms.